The fourth-order valence-electron chi connectivity index (χ4n) is 2.13. The van der Waals surface area contributed by atoms with Gasteiger partial charge in [-0.1, -0.05) is 0 Å². The molecule has 6 heteroatoms. The van der Waals surface area contributed by atoms with E-state index in [1.165, 1.54) is 10.4 Å². The van der Waals surface area contributed by atoms with Gasteiger partial charge in [0.15, 0.2) is 0 Å². The molecule has 18 heavy (non-hydrogen) atoms. The van der Waals surface area contributed by atoms with E-state index in [1.807, 2.05) is 11.3 Å². The maximum absolute atomic E-state index is 11.4. The number of nitrogens with zero attached hydrogens (tertiary/aromatic N) is 1. The van der Waals surface area contributed by atoms with Crippen LogP contribution in [0.25, 0.3) is 0 Å². The number of thiophene rings is 1. The van der Waals surface area contributed by atoms with Crippen molar-refractivity contribution in [3.63, 3.8) is 0 Å². The highest BCUT2D eigenvalue weighted by molar-refractivity contribution is 7.89. The number of rotatable bonds is 5. The second-order valence-electron chi connectivity index (χ2n) is 4.69. The molecule has 1 aromatic rings. The summed E-state index contributed by atoms with van der Waals surface area (Å²) >= 11 is 1.82. The molecule has 2 rings (SSSR count). The first-order chi connectivity index (χ1) is 8.52. The molecule has 1 N–H and O–H groups in total. The van der Waals surface area contributed by atoms with Gasteiger partial charge in [-0.2, -0.15) is 0 Å². The molecule has 1 atom stereocenters. The van der Waals surface area contributed by atoms with E-state index in [0.29, 0.717) is 6.54 Å². The van der Waals surface area contributed by atoms with E-state index in [0.717, 1.165) is 19.5 Å². The summed E-state index contributed by atoms with van der Waals surface area (Å²) in [6, 6.07) is 2.41. The molecule has 0 aliphatic carbocycles. The van der Waals surface area contributed by atoms with Crippen molar-refractivity contribution in [3.05, 3.63) is 21.9 Å². The molecule has 102 valence electrons. The fourth-order valence-corrected chi connectivity index (χ4v) is 3.71. The van der Waals surface area contributed by atoms with Crippen molar-refractivity contribution in [1.29, 1.82) is 0 Å². The first kappa shape index (κ1) is 14.0. The van der Waals surface area contributed by atoms with Crippen LogP contribution in [0.1, 0.15) is 24.3 Å². The predicted octanol–water partition coefficient (Wildman–Crippen LogP) is 1.43. The third-order valence-electron chi connectivity index (χ3n) is 3.44. The summed E-state index contributed by atoms with van der Waals surface area (Å²) in [5.74, 6) is 0.147. The zero-order valence-corrected chi connectivity index (χ0v) is 12.5. The Morgan fingerprint density at radius 1 is 1.56 bits per heavy atom. The van der Waals surface area contributed by atoms with E-state index in [1.54, 1.807) is 6.92 Å². The van der Waals surface area contributed by atoms with Gasteiger partial charge in [-0.25, -0.2) is 13.1 Å². The van der Waals surface area contributed by atoms with Gasteiger partial charge in [-0.05, 0) is 37.3 Å². The van der Waals surface area contributed by atoms with Gasteiger partial charge in [0.2, 0.25) is 10.0 Å². The van der Waals surface area contributed by atoms with Crippen LogP contribution in [0.15, 0.2) is 11.4 Å². The topological polar surface area (TPSA) is 49.4 Å². The Labute approximate surface area is 113 Å². The highest BCUT2D eigenvalue weighted by atomic mass is 32.2. The van der Waals surface area contributed by atoms with Gasteiger partial charge in [-0.3, -0.25) is 4.90 Å². The molecule has 1 aromatic heterocycles. The second-order valence-corrected chi connectivity index (χ2v) is 7.79. The predicted molar refractivity (Wildman–Crippen MR) is 75.4 cm³/mol. The van der Waals surface area contributed by atoms with Crippen molar-refractivity contribution in [3.8, 4) is 0 Å². The van der Waals surface area contributed by atoms with Gasteiger partial charge in [0.25, 0.3) is 0 Å². The van der Waals surface area contributed by atoms with Crippen LogP contribution >= 0.6 is 11.3 Å². The van der Waals surface area contributed by atoms with Crippen LogP contribution in [-0.4, -0.2) is 38.2 Å². The van der Waals surface area contributed by atoms with Crippen molar-refractivity contribution in [2.24, 2.45) is 0 Å². The minimum absolute atomic E-state index is 0.147. The summed E-state index contributed by atoms with van der Waals surface area (Å²) in [5, 5.41) is 2.14. The Hall–Kier alpha value is -0.430. The molecule has 0 unspecified atom stereocenters. The highest BCUT2D eigenvalue weighted by Gasteiger charge is 2.22. The van der Waals surface area contributed by atoms with Crippen molar-refractivity contribution in [1.82, 2.24) is 9.62 Å². The summed E-state index contributed by atoms with van der Waals surface area (Å²) in [6.07, 6.45) is 1.08. The van der Waals surface area contributed by atoms with Crippen LogP contribution < -0.4 is 4.72 Å². The summed E-state index contributed by atoms with van der Waals surface area (Å²) < 4.78 is 25.5. The van der Waals surface area contributed by atoms with Crippen LogP contribution in [0.4, 0.5) is 0 Å². The monoisotopic (exact) mass is 288 g/mol. The number of hydrogen-bond acceptors (Lipinski definition) is 4. The molecule has 0 aromatic carbocycles. The average Bonchev–Trinajstić information content (AvgIpc) is 2.83. The molecule has 0 radical (unpaired) electrons. The van der Waals surface area contributed by atoms with Gasteiger partial charge in [-0.15, -0.1) is 11.3 Å². The lowest BCUT2D eigenvalue weighted by Gasteiger charge is -2.32. The molecule has 0 fully saturated rings. The second kappa shape index (κ2) is 5.69. The minimum Gasteiger partial charge on any atom is -0.295 e. The fraction of sp³-hybridized carbons (Fsp3) is 0.667. The maximum Gasteiger partial charge on any atom is 0.211 e. The minimum atomic E-state index is -3.08. The zero-order valence-electron chi connectivity index (χ0n) is 10.8. The quantitative estimate of drug-likeness (QED) is 0.892. The molecule has 1 aliphatic rings. The summed E-state index contributed by atoms with van der Waals surface area (Å²) in [6.45, 7) is 6.19. The third-order valence-corrected chi connectivity index (χ3v) is 5.83. The largest absolute Gasteiger partial charge is 0.295 e. The van der Waals surface area contributed by atoms with Gasteiger partial charge in [0.05, 0.1) is 5.75 Å². The van der Waals surface area contributed by atoms with E-state index in [2.05, 4.69) is 28.0 Å². The molecule has 0 saturated heterocycles. The molecule has 2 heterocycles. The van der Waals surface area contributed by atoms with Crippen molar-refractivity contribution in [2.45, 2.75) is 32.9 Å². The van der Waals surface area contributed by atoms with Gasteiger partial charge >= 0.3 is 0 Å². The first-order valence-corrected chi connectivity index (χ1v) is 8.81. The summed E-state index contributed by atoms with van der Waals surface area (Å²) in [5.41, 5.74) is 1.40. The third kappa shape index (κ3) is 3.32. The van der Waals surface area contributed by atoms with E-state index in [-0.39, 0.29) is 11.8 Å². The summed E-state index contributed by atoms with van der Waals surface area (Å²) in [7, 11) is -3.08. The zero-order chi connectivity index (χ0) is 13.2. The normalized spacial score (nSPS) is 18.6. The molecule has 0 saturated carbocycles. The molecule has 1 aliphatic heterocycles. The van der Waals surface area contributed by atoms with Gasteiger partial charge in [0, 0.05) is 30.6 Å². The number of nitrogens with one attached hydrogen (secondary N) is 1. The van der Waals surface area contributed by atoms with Crippen LogP contribution in [0.3, 0.4) is 0 Å². The Balaban J connectivity index is 1.90. The summed E-state index contributed by atoms with van der Waals surface area (Å²) in [4.78, 5) is 3.82. The van der Waals surface area contributed by atoms with Crippen LogP contribution in [0.5, 0.6) is 0 Å². The van der Waals surface area contributed by atoms with E-state index in [4.69, 9.17) is 0 Å². The number of fused-ring (bicyclic) bond motifs is 1. The van der Waals surface area contributed by atoms with E-state index < -0.39 is 10.0 Å². The average molecular weight is 288 g/mol. The highest BCUT2D eigenvalue weighted by Crippen LogP contribution is 2.24. The standard InChI is InChI=1S/C12H20N2O2S2/c1-3-18(15,16)13-8-10(2)14-6-4-12-11(9-14)5-7-17-12/h5,7,10,13H,3-4,6,8-9H2,1-2H3/t10-/m0/s1. The number of sulfonamides is 1. The lowest BCUT2D eigenvalue weighted by Crippen LogP contribution is -2.44. The number of hydrogen-bond donors (Lipinski definition) is 1. The van der Waals surface area contributed by atoms with E-state index in [9.17, 15) is 8.42 Å². The molecular weight excluding hydrogens is 268 g/mol. The Kier molecular flexibility index (Phi) is 4.42. The Bertz CT molecular complexity index is 496. The van der Waals surface area contributed by atoms with Crippen LogP contribution in [0, 0.1) is 0 Å². The Morgan fingerprint density at radius 2 is 2.33 bits per heavy atom. The lowest BCUT2D eigenvalue weighted by atomic mass is 10.1. The van der Waals surface area contributed by atoms with Crippen molar-refractivity contribution < 1.29 is 8.42 Å². The SMILES string of the molecule is CCS(=O)(=O)NC[C@H](C)N1CCc2sccc2C1. The first-order valence-electron chi connectivity index (χ1n) is 6.28. The smallest absolute Gasteiger partial charge is 0.211 e. The van der Waals surface area contributed by atoms with Gasteiger partial charge < -0.3 is 0 Å². The maximum atomic E-state index is 11.4. The molecular formula is C12H20N2O2S2. The Morgan fingerprint density at radius 3 is 3.06 bits per heavy atom. The van der Waals surface area contributed by atoms with Crippen LogP contribution in [-0.2, 0) is 23.0 Å². The van der Waals surface area contributed by atoms with Crippen molar-refractivity contribution >= 4 is 21.4 Å². The molecule has 0 spiro atoms. The molecule has 4 nitrogen and oxygen atoms in total. The van der Waals surface area contributed by atoms with Gasteiger partial charge in [0.1, 0.15) is 0 Å². The lowest BCUT2D eigenvalue weighted by molar-refractivity contribution is 0.193. The van der Waals surface area contributed by atoms with Crippen LogP contribution in [0.2, 0.25) is 0 Å². The van der Waals surface area contributed by atoms with Crippen molar-refractivity contribution in [2.75, 3.05) is 18.8 Å². The molecule has 0 amide bonds. The van der Waals surface area contributed by atoms with E-state index >= 15 is 0 Å². The molecule has 0 bridgehead atoms.